The number of benzene rings is 1. The van der Waals surface area contributed by atoms with Crippen molar-refractivity contribution in [3.63, 3.8) is 0 Å². The van der Waals surface area contributed by atoms with Crippen molar-refractivity contribution >= 4 is 5.71 Å². The first-order valence-electron chi connectivity index (χ1n) is 12.6. The van der Waals surface area contributed by atoms with Gasteiger partial charge in [-0.3, -0.25) is 0 Å². The standard InChI is InChI=1S/C27H38N2O2/c1-26-12-10-18(30)14-17(26)6-9-20-22(26)11-13-27(2)23(20)15-21-24(28-29-25(21)27)16-4-7-19(31-3)8-5-16/h4-5,7-8,17-18,20-24,28,30H,6,9-15H2,1-3H3/t17-,18-,20+,21+,22-,23-,24+,26-,27-/m0/s1. The van der Waals surface area contributed by atoms with Crippen LogP contribution in [0.1, 0.15) is 76.8 Å². The Morgan fingerprint density at radius 2 is 1.81 bits per heavy atom. The van der Waals surface area contributed by atoms with Crippen LogP contribution in [0.3, 0.4) is 0 Å². The molecule has 0 bridgehead atoms. The molecule has 31 heavy (non-hydrogen) atoms. The summed E-state index contributed by atoms with van der Waals surface area (Å²) < 4.78 is 5.37. The zero-order valence-electron chi connectivity index (χ0n) is 19.3. The fourth-order valence-electron chi connectivity index (χ4n) is 8.97. The van der Waals surface area contributed by atoms with E-state index in [2.05, 4.69) is 43.5 Å². The Kier molecular flexibility index (Phi) is 4.52. The number of ether oxygens (including phenoxy) is 1. The highest BCUT2D eigenvalue weighted by molar-refractivity contribution is 5.96. The summed E-state index contributed by atoms with van der Waals surface area (Å²) >= 11 is 0. The molecule has 0 unspecified atom stereocenters. The third kappa shape index (κ3) is 2.79. The second kappa shape index (κ2) is 6.97. The highest BCUT2D eigenvalue weighted by Gasteiger charge is 2.63. The fourth-order valence-corrected chi connectivity index (χ4v) is 8.97. The minimum Gasteiger partial charge on any atom is -0.497 e. The van der Waals surface area contributed by atoms with Crippen molar-refractivity contribution < 1.29 is 9.84 Å². The van der Waals surface area contributed by atoms with Gasteiger partial charge in [0, 0.05) is 17.0 Å². The summed E-state index contributed by atoms with van der Waals surface area (Å²) in [6.07, 6.45) is 9.82. The molecule has 1 heterocycles. The molecule has 6 rings (SSSR count). The Morgan fingerprint density at radius 1 is 1.00 bits per heavy atom. The summed E-state index contributed by atoms with van der Waals surface area (Å²) in [7, 11) is 1.73. The number of methoxy groups -OCH3 is 1. The fraction of sp³-hybridized carbons (Fsp3) is 0.741. The molecule has 0 spiro atoms. The third-order valence-corrected chi connectivity index (χ3v) is 10.7. The van der Waals surface area contributed by atoms with Gasteiger partial charge in [0.25, 0.3) is 0 Å². The van der Waals surface area contributed by atoms with Crippen molar-refractivity contribution in [1.29, 1.82) is 0 Å². The van der Waals surface area contributed by atoms with Gasteiger partial charge >= 0.3 is 0 Å². The van der Waals surface area contributed by atoms with E-state index in [4.69, 9.17) is 9.84 Å². The molecule has 4 heteroatoms. The van der Waals surface area contributed by atoms with Gasteiger partial charge in [-0.05, 0) is 98.1 Å². The van der Waals surface area contributed by atoms with Crippen LogP contribution in [0, 0.1) is 40.4 Å². The molecular weight excluding hydrogens is 384 g/mol. The molecule has 0 radical (unpaired) electrons. The van der Waals surface area contributed by atoms with Crippen molar-refractivity contribution in [3.05, 3.63) is 29.8 Å². The van der Waals surface area contributed by atoms with Crippen molar-refractivity contribution in [2.75, 3.05) is 7.11 Å². The lowest BCUT2D eigenvalue weighted by molar-refractivity contribution is -0.114. The van der Waals surface area contributed by atoms with Crippen LogP contribution in [-0.4, -0.2) is 24.0 Å². The maximum Gasteiger partial charge on any atom is 0.118 e. The predicted octanol–water partition coefficient (Wildman–Crippen LogP) is 5.33. The Balaban J connectivity index is 1.28. The second-order valence-electron chi connectivity index (χ2n) is 11.8. The average molecular weight is 423 g/mol. The minimum atomic E-state index is -0.0556. The highest BCUT2D eigenvalue weighted by atomic mass is 16.5. The summed E-state index contributed by atoms with van der Waals surface area (Å²) in [5.41, 5.74) is 7.02. The lowest BCUT2D eigenvalue weighted by atomic mass is 9.45. The molecule has 168 valence electrons. The molecule has 1 aliphatic heterocycles. The zero-order chi connectivity index (χ0) is 21.4. The van der Waals surface area contributed by atoms with Gasteiger partial charge in [0.1, 0.15) is 5.75 Å². The smallest absolute Gasteiger partial charge is 0.118 e. The largest absolute Gasteiger partial charge is 0.497 e. The molecule has 4 nitrogen and oxygen atoms in total. The summed E-state index contributed by atoms with van der Waals surface area (Å²) in [6.45, 7) is 5.11. The number of hydrazone groups is 1. The van der Waals surface area contributed by atoms with Crippen molar-refractivity contribution in [1.82, 2.24) is 5.43 Å². The highest BCUT2D eigenvalue weighted by Crippen LogP contribution is 2.67. The van der Waals surface area contributed by atoms with Crippen LogP contribution in [0.2, 0.25) is 0 Å². The van der Waals surface area contributed by atoms with Crippen LogP contribution in [0.4, 0.5) is 0 Å². The molecule has 0 aromatic heterocycles. The number of fused-ring (bicyclic) bond motifs is 7. The van der Waals surface area contributed by atoms with Gasteiger partial charge in [-0.1, -0.05) is 26.0 Å². The molecule has 4 aliphatic carbocycles. The lowest BCUT2D eigenvalue weighted by Gasteiger charge is -2.60. The van der Waals surface area contributed by atoms with Gasteiger partial charge in [0.15, 0.2) is 0 Å². The van der Waals surface area contributed by atoms with E-state index in [1.54, 1.807) is 7.11 Å². The number of aliphatic hydroxyl groups excluding tert-OH is 1. The number of hydrogen-bond acceptors (Lipinski definition) is 4. The topological polar surface area (TPSA) is 53.8 Å². The average Bonchev–Trinajstić information content (AvgIpc) is 3.32. The normalized spacial score (nSPS) is 48.0. The van der Waals surface area contributed by atoms with Gasteiger partial charge in [-0.15, -0.1) is 0 Å². The van der Waals surface area contributed by atoms with Crippen LogP contribution >= 0.6 is 0 Å². The second-order valence-corrected chi connectivity index (χ2v) is 11.8. The van der Waals surface area contributed by atoms with Crippen LogP contribution in [-0.2, 0) is 0 Å². The van der Waals surface area contributed by atoms with E-state index in [-0.39, 0.29) is 11.5 Å². The summed E-state index contributed by atoms with van der Waals surface area (Å²) in [5.74, 6) is 4.61. The van der Waals surface area contributed by atoms with E-state index >= 15 is 0 Å². The van der Waals surface area contributed by atoms with Gasteiger partial charge in [-0.25, -0.2) is 0 Å². The van der Waals surface area contributed by atoms with Gasteiger partial charge in [-0.2, -0.15) is 5.10 Å². The molecule has 4 fully saturated rings. The van der Waals surface area contributed by atoms with E-state index in [0.29, 0.717) is 17.4 Å². The summed E-state index contributed by atoms with van der Waals surface area (Å²) in [6, 6.07) is 8.88. The Bertz CT molecular complexity index is 882. The van der Waals surface area contributed by atoms with Crippen LogP contribution in [0.25, 0.3) is 0 Å². The maximum absolute atomic E-state index is 10.3. The number of nitrogens with one attached hydrogen (secondary N) is 1. The van der Waals surface area contributed by atoms with Crippen LogP contribution < -0.4 is 10.2 Å². The maximum atomic E-state index is 10.3. The molecule has 1 aromatic carbocycles. The van der Waals surface area contributed by atoms with E-state index < -0.39 is 0 Å². The predicted molar refractivity (Wildman–Crippen MR) is 123 cm³/mol. The van der Waals surface area contributed by atoms with Crippen molar-refractivity contribution in [3.8, 4) is 5.75 Å². The SMILES string of the molecule is COc1ccc([C@H]2NN=C3[C@@H]2C[C@H]2[C@@H]4CC[C@H]5C[C@@H](O)CC[C@]5(C)[C@H]4CC[C@]32C)cc1. The zero-order valence-corrected chi connectivity index (χ0v) is 19.3. The van der Waals surface area contributed by atoms with Gasteiger partial charge in [0.2, 0.25) is 0 Å². The number of hydrogen-bond donors (Lipinski definition) is 2. The molecular formula is C27H38N2O2. The van der Waals surface area contributed by atoms with E-state index in [1.165, 1.54) is 49.8 Å². The molecule has 9 atom stereocenters. The van der Waals surface area contributed by atoms with E-state index in [9.17, 15) is 5.11 Å². The van der Waals surface area contributed by atoms with Gasteiger partial charge < -0.3 is 15.3 Å². The minimum absolute atomic E-state index is 0.0556. The summed E-state index contributed by atoms with van der Waals surface area (Å²) in [5, 5.41) is 15.3. The lowest BCUT2D eigenvalue weighted by Crippen LogP contribution is -2.54. The van der Waals surface area contributed by atoms with E-state index in [1.807, 2.05) is 0 Å². The number of rotatable bonds is 2. The monoisotopic (exact) mass is 422 g/mol. The Hall–Kier alpha value is -1.55. The molecule has 4 saturated carbocycles. The quantitative estimate of drug-likeness (QED) is 0.678. The van der Waals surface area contributed by atoms with Gasteiger partial charge in [0.05, 0.1) is 19.3 Å². The van der Waals surface area contributed by atoms with Crippen LogP contribution in [0.5, 0.6) is 5.75 Å². The molecule has 5 aliphatic rings. The Labute approximate surface area is 186 Å². The molecule has 1 aromatic rings. The van der Waals surface area contributed by atoms with Crippen molar-refractivity contribution in [2.24, 2.45) is 45.5 Å². The Morgan fingerprint density at radius 3 is 2.58 bits per heavy atom. The molecule has 0 saturated heterocycles. The van der Waals surface area contributed by atoms with E-state index in [0.717, 1.165) is 42.3 Å². The molecule has 2 N–H and O–H groups in total. The van der Waals surface area contributed by atoms with Crippen molar-refractivity contribution in [2.45, 2.75) is 77.4 Å². The van der Waals surface area contributed by atoms with Crippen LogP contribution in [0.15, 0.2) is 29.4 Å². The number of aliphatic hydroxyl groups is 1. The molecule has 0 amide bonds. The number of nitrogens with zero attached hydrogens (tertiary/aromatic N) is 1. The first-order chi connectivity index (χ1) is 14.9. The third-order valence-electron chi connectivity index (χ3n) is 10.7. The first kappa shape index (κ1) is 20.1. The summed E-state index contributed by atoms with van der Waals surface area (Å²) in [4.78, 5) is 0. The first-order valence-corrected chi connectivity index (χ1v) is 12.6.